The molecule has 0 aliphatic carbocycles. The molecule has 28 heavy (non-hydrogen) atoms. The van der Waals surface area contributed by atoms with E-state index in [1.54, 1.807) is 18.2 Å². The molecule has 0 heterocycles. The average molecular weight is 388 g/mol. The summed E-state index contributed by atoms with van der Waals surface area (Å²) in [6, 6.07) is 12.4. The minimum absolute atomic E-state index is 0.0738. The molecular weight excluding hydrogens is 369 g/mol. The second-order valence-electron chi connectivity index (χ2n) is 6.02. The van der Waals surface area contributed by atoms with Crippen molar-refractivity contribution < 1.29 is 27.4 Å². The van der Waals surface area contributed by atoms with Gasteiger partial charge in [0.15, 0.2) is 11.6 Å². The highest BCUT2D eigenvalue weighted by Gasteiger charge is 2.34. The fourth-order valence-electron chi connectivity index (χ4n) is 2.63. The lowest BCUT2D eigenvalue weighted by molar-refractivity contribution is -0.185. The molecule has 0 aliphatic rings. The van der Waals surface area contributed by atoms with Crippen molar-refractivity contribution in [2.45, 2.75) is 13.0 Å². The second kappa shape index (κ2) is 8.25. The molecule has 0 saturated carbocycles. The summed E-state index contributed by atoms with van der Waals surface area (Å²) in [4.78, 5) is 0. The maximum absolute atomic E-state index is 14.4. The summed E-state index contributed by atoms with van der Waals surface area (Å²) in [6.07, 6.45) is 0.00141. The van der Waals surface area contributed by atoms with Crippen LogP contribution in [0.15, 0.2) is 66.7 Å². The number of alkyl halides is 2. The first kappa shape index (κ1) is 19.6. The van der Waals surface area contributed by atoms with Crippen molar-refractivity contribution >= 4 is 10.8 Å². The Kier molecular flexibility index (Phi) is 5.78. The number of ether oxygens (including phenoxy) is 3. The van der Waals surface area contributed by atoms with Crippen LogP contribution >= 0.6 is 0 Å². The van der Waals surface area contributed by atoms with E-state index in [9.17, 15) is 13.2 Å². The molecule has 0 saturated heterocycles. The van der Waals surface area contributed by atoms with Gasteiger partial charge in [-0.05, 0) is 66.2 Å². The van der Waals surface area contributed by atoms with Gasteiger partial charge in [0.25, 0.3) is 0 Å². The van der Waals surface area contributed by atoms with Crippen LogP contribution in [-0.4, -0.2) is 13.7 Å². The predicted octanol–water partition coefficient (Wildman–Crippen LogP) is 6.07. The SMILES string of the molecule is C/C=C/COc1cc2ccc(OC(F)(F)c3ccc(OC)cc3)cc2cc1F. The van der Waals surface area contributed by atoms with Gasteiger partial charge >= 0.3 is 6.11 Å². The number of benzene rings is 3. The monoisotopic (exact) mass is 388 g/mol. The number of allylic oxidation sites excluding steroid dienone is 1. The molecular formula is C22H19F3O3. The van der Waals surface area contributed by atoms with Crippen LogP contribution in [0.5, 0.6) is 17.2 Å². The van der Waals surface area contributed by atoms with Crippen LogP contribution in [0, 0.1) is 5.82 Å². The largest absolute Gasteiger partial charge is 0.497 e. The number of fused-ring (bicyclic) bond motifs is 1. The smallest absolute Gasteiger partial charge is 0.426 e. The number of methoxy groups -OCH3 is 1. The van der Waals surface area contributed by atoms with Crippen LogP contribution in [0.2, 0.25) is 0 Å². The molecule has 0 radical (unpaired) electrons. The molecule has 0 aromatic heterocycles. The number of halogens is 3. The van der Waals surface area contributed by atoms with Crippen LogP contribution < -0.4 is 14.2 Å². The summed E-state index contributed by atoms with van der Waals surface area (Å²) in [7, 11) is 1.45. The molecule has 3 aromatic rings. The molecule has 0 amide bonds. The van der Waals surface area contributed by atoms with Gasteiger partial charge in [0, 0.05) is 0 Å². The minimum atomic E-state index is -3.55. The van der Waals surface area contributed by atoms with Crippen molar-refractivity contribution in [1.82, 2.24) is 0 Å². The summed E-state index contributed by atoms with van der Waals surface area (Å²) in [5, 5.41) is 1.08. The first-order valence-electron chi connectivity index (χ1n) is 8.61. The molecule has 146 valence electrons. The van der Waals surface area contributed by atoms with Crippen LogP contribution in [0.25, 0.3) is 10.8 Å². The summed E-state index contributed by atoms with van der Waals surface area (Å²) < 4.78 is 58.3. The highest BCUT2D eigenvalue weighted by molar-refractivity contribution is 5.85. The van der Waals surface area contributed by atoms with Crippen molar-refractivity contribution in [3.05, 3.63) is 78.1 Å². The fourth-order valence-corrected chi connectivity index (χ4v) is 2.63. The van der Waals surface area contributed by atoms with Gasteiger partial charge < -0.3 is 14.2 Å². The maximum atomic E-state index is 14.4. The van der Waals surface area contributed by atoms with Gasteiger partial charge in [-0.1, -0.05) is 18.2 Å². The zero-order chi connectivity index (χ0) is 20.1. The Hall–Kier alpha value is -3.15. The standard InChI is InChI=1S/C22H19F3O3/c1-3-4-11-27-21-14-15-5-8-19(12-16(15)13-20(21)23)28-22(24,25)17-6-9-18(26-2)10-7-17/h3-10,12-14H,11H2,1-2H3/b4-3+. The fraction of sp³-hybridized carbons (Fsp3) is 0.182. The van der Waals surface area contributed by atoms with Crippen LogP contribution in [0.3, 0.4) is 0 Å². The van der Waals surface area contributed by atoms with E-state index < -0.39 is 11.9 Å². The quantitative estimate of drug-likeness (QED) is 0.460. The van der Waals surface area contributed by atoms with Gasteiger partial charge in [-0.3, -0.25) is 0 Å². The topological polar surface area (TPSA) is 27.7 Å². The lowest BCUT2D eigenvalue weighted by atomic mass is 10.1. The van der Waals surface area contributed by atoms with E-state index >= 15 is 0 Å². The third-order valence-electron chi connectivity index (χ3n) is 4.11. The summed E-state index contributed by atoms with van der Waals surface area (Å²) in [6.45, 7) is 2.08. The van der Waals surface area contributed by atoms with Crippen molar-refractivity contribution in [2.24, 2.45) is 0 Å². The van der Waals surface area contributed by atoms with Gasteiger partial charge in [0.2, 0.25) is 0 Å². The number of rotatable bonds is 7. The van der Waals surface area contributed by atoms with E-state index in [0.717, 1.165) is 0 Å². The first-order valence-corrected chi connectivity index (χ1v) is 8.61. The van der Waals surface area contributed by atoms with E-state index in [-0.39, 0.29) is 23.7 Å². The molecule has 3 rings (SSSR count). The highest BCUT2D eigenvalue weighted by Crippen LogP contribution is 2.34. The molecule has 0 N–H and O–H groups in total. The highest BCUT2D eigenvalue weighted by atomic mass is 19.3. The lowest BCUT2D eigenvalue weighted by Gasteiger charge is -2.19. The Labute approximate surface area is 161 Å². The minimum Gasteiger partial charge on any atom is -0.497 e. The summed E-state index contributed by atoms with van der Waals surface area (Å²) >= 11 is 0. The molecule has 0 aliphatic heterocycles. The molecule has 3 aromatic carbocycles. The zero-order valence-corrected chi connectivity index (χ0v) is 15.4. The van der Waals surface area contributed by atoms with E-state index in [0.29, 0.717) is 16.5 Å². The van der Waals surface area contributed by atoms with E-state index in [1.165, 1.54) is 55.6 Å². The number of hydrogen-bond donors (Lipinski definition) is 0. The van der Waals surface area contributed by atoms with Gasteiger partial charge in [0.1, 0.15) is 18.1 Å². The van der Waals surface area contributed by atoms with Crippen LogP contribution in [0.4, 0.5) is 13.2 Å². The Morgan fingerprint density at radius 2 is 1.64 bits per heavy atom. The Balaban J connectivity index is 1.83. The Bertz CT molecular complexity index is 982. The van der Waals surface area contributed by atoms with Crippen molar-refractivity contribution in [2.75, 3.05) is 13.7 Å². The van der Waals surface area contributed by atoms with Gasteiger partial charge in [-0.15, -0.1) is 0 Å². The molecule has 3 nitrogen and oxygen atoms in total. The number of hydrogen-bond acceptors (Lipinski definition) is 3. The summed E-state index contributed by atoms with van der Waals surface area (Å²) in [5.41, 5.74) is -0.313. The third-order valence-corrected chi connectivity index (χ3v) is 4.11. The van der Waals surface area contributed by atoms with E-state index in [4.69, 9.17) is 14.2 Å². The molecule has 0 fully saturated rings. The molecule has 0 bridgehead atoms. The van der Waals surface area contributed by atoms with Gasteiger partial charge in [0.05, 0.1) is 12.7 Å². The van der Waals surface area contributed by atoms with Crippen molar-refractivity contribution in [3.63, 3.8) is 0 Å². The van der Waals surface area contributed by atoms with Crippen molar-refractivity contribution in [1.29, 1.82) is 0 Å². The zero-order valence-electron chi connectivity index (χ0n) is 15.4. The van der Waals surface area contributed by atoms with Crippen LogP contribution in [0.1, 0.15) is 12.5 Å². The summed E-state index contributed by atoms with van der Waals surface area (Å²) in [5.74, 6) is -0.0811. The average Bonchev–Trinajstić information content (AvgIpc) is 2.68. The second-order valence-corrected chi connectivity index (χ2v) is 6.02. The Morgan fingerprint density at radius 3 is 2.32 bits per heavy atom. The molecule has 0 unspecified atom stereocenters. The van der Waals surface area contributed by atoms with Gasteiger partial charge in [-0.25, -0.2) is 4.39 Å². The Morgan fingerprint density at radius 1 is 0.929 bits per heavy atom. The first-order chi connectivity index (χ1) is 13.4. The van der Waals surface area contributed by atoms with E-state index in [2.05, 4.69) is 0 Å². The normalized spacial score (nSPS) is 11.8. The van der Waals surface area contributed by atoms with Crippen LogP contribution in [-0.2, 0) is 6.11 Å². The maximum Gasteiger partial charge on any atom is 0.426 e. The molecule has 0 spiro atoms. The van der Waals surface area contributed by atoms with E-state index in [1.807, 2.05) is 6.92 Å². The lowest BCUT2D eigenvalue weighted by Crippen LogP contribution is -2.21. The molecule has 6 heteroatoms. The van der Waals surface area contributed by atoms with Gasteiger partial charge in [-0.2, -0.15) is 8.78 Å². The third kappa shape index (κ3) is 4.39. The predicted molar refractivity (Wildman–Crippen MR) is 102 cm³/mol. The molecule has 0 atom stereocenters. The van der Waals surface area contributed by atoms with Crippen molar-refractivity contribution in [3.8, 4) is 17.2 Å².